The van der Waals surface area contributed by atoms with Crippen molar-refractivity contribution in [2.75, 3.05) is 0 Å². The molecular formula is C27H58OSn2. The fraction of sp³-hybridized carbons (Fsp3) is 1.00. The van der Waals surface area contributed by atoms with E-state index in [-0.39, 0.29) is 5.60 Å². The summed E-state index contributed by atoms with van der Waals surface area (Å²) >= 11 is -2.94. The van der Waals surface area contributed by atoms with Gasteiger partial charge in [-0.1, -0.05) is 0 Å². The van der Waals surface area contributed by atoms with E-state index < -0.39 is 39.9 Å². The monoisotopic (exact) mass is 638 g/mol. The van der Waals surface area contributed by atoms with Crippen LogP contribution in [0.4, 0.5) is 0 Å². The molecule has 0 saturated carbocycles. The summed E-state index contributed by atoms with van der Waals surface area (Å²) in [6.45, 7) is 14.3. The second kappa shape index (κ2) is 22.4. The maximum atomic E-state index is 7.43. The third-order valence-electron chi connectivity index (χ3n) is 6.65. The summed E-state index contributed by atoms with van der Waals surface area (Å²) in [5, 5.41) is 0. The topological polar surface area (TPSA) is 9.23 Å². The van der Waals surface area contributed by atoms with Crippen LogP contribution in [-0.4, -0.2) is 45.5 Å². The zero-order chi connectivity index (χ0) is 22.5. The van der Waals surface area contributed by atoms with E-state index in [0.717, 1.165) is 0 Å². The van der Waals surface area contributed by atoms with Crippen LogP contribution in [0.15, 0.2) is 0 Å². The van der Waals surface area contributed by atoms with Crippen molar-refractivity contribution < 1.29 is 3.07 Å². The summed E-state index contributed by atoms with van der Waals surface area (Å²) in [7, 11) is 0. The van der Waals surface area contributed by atoms with Gasteiger partial charge < -0.3 is 0 Å². The van der Waals surface area contributed by atoms with Gasteiger partial charge in [0.05, 0.1) is 0 Å². The van der Waals surface area contributed by atoms with E-state index >= 15 is 0 Å². The van der Waals surface area contributed by atoms with Crippen molar-refractivity contribution in [3.63, 3.8) is 0 Å². The summed E-state index contributed by atoms with van der Waals surface area (Å²) in [6, 6.07) is 0. The molecule has 0 N–H and O–H groups in total. The van der Waals surface area contributed by atoms with Crippen molar-refractivity contribution in [3.05, 3.63) is 0 Å². The van der Waals surface area contributed by atoms with Crippen LogP contribution in [0.3, 0.4) is 0 Å². The van der Waals surface area contributed by atoms with Crippen LogP contribution < -0.4 is 0 Å². The predicted molar refractivity (Wildman–Crippen MR) is 143 cm³/mol. The first-order valence-corrected chi connectivity index (χ1v) is 25.2. The summed E-state index contributed by atoms with van der Waals surface area (Å²) < 4.78 is 15.3. The molecule has 0 heterocycles. The Bertz CT molecular complexity index is 324. The van der Waals surface area contributed by atoms with Gasteiger partial charge in [-0.15, -0.1) is 0 Å². The molecule has 0 aromatic heterocycles. The van der Waals surface area contributed by atoms with E-state index in [9.17, 15) is 0 Å². The molecule has 3 heteroatoms. The molecule has 180 valence electrons. The molecule has 0 unspecified atom stereocenters. The molecule has 0 bridgehead atoms. The molecule has 0 aromatic carbocycles. The van der Waals surface area contributed by atoms with Gasteiger partial charge in [-0.25, -0.2) is 0 Å². The summed E-state index contributed by atoms with van der Waals surface area (Å²) in [5.74, 6) is 0. The van der Waals surface area contributed by atoms with E-state index in [1.54, 1.807) is 13.3 Å². The molecule has 0 saturated heterocycles. The zero-order valence-electron chi connectivity index (χ0n) is 22.1. The van der Waals surface area contributed by atoms with Gasteiger partial charge in [-0.05, 0) is 0 Å². The molecule has 0 aliphatic carbocycles. The first kappa shape index (κ1) is 31.6. The van der Waals surface area contributed by atoms with E-state index in [4.69, 9.17) is 3.07 Å². The zero-order valence-corrected chi connectivity index (χ0v) is 27.8. The van der Waals surface area contributed by atoms with Gasteiger partial charge in [-0.2, -0.15) is 0 Å². The van der Waals surface area contributed by atoms with Gasteiger partial charge in [0.25, 0.3) is 0 Å². The molecule has 0 rings (SSSR count). The van der Waals surface area contributed by atoms with Gasteiger partial charge in [0.15, 0.2) is 0 Å². The van der Waals surface area contributed by atoms with Crippen LogP contribution in [0.2, 0.25) is 22.2 Å². The summed E-state index contributed by atoms with van der Waals surface area (Å²) in [6.07, 6.45) is 20.9. The normalized spacial score (nSPS) is 12.4. The number of hydrogen-bond donors (Lipinski definition) is 0. The van der Waals surface area contributed by atoms with Gasteiger partial charge in [0, 0.05) is 0 Å². The molecule has 0 spiro atoms. The summed E-state index contributed by atoms with van der Waals surface area (Å²) in [5.41, 5.74) is 0.284. The van der Waals surface area contributed by atoms with E-state index in [0.29, 0.717) is 0 Å². The number of unbranched alkanes of at least 4 members (excludes halogenated alkanes) is 6. The molecule has 2 radical (unpaired) electrons. The minimum absolute atomic E-state index is 0.284. The standard InChI is InChI=1S/C11H22O.4C4H9.2Sn/c1-4-7-9-11(12,6-3)10-8-5-2;4*1-3-4-2;;/h3-10H2,1-2H3;4*1,3-4H2,2H3;;/q-1;;;;;;+1. The van der Waals surface area contributed by atoms with Crippen LogP contribution in [0.25, 0.3) is 0 Å². The van der Waals surface area contributed by atoms with Crippen LogP contribution in [0.1, 0.15) is 138 Å². The average Bonchev–Trinajstić information content (AvgIpc) is 2.77. The van der Waals surface area contributed by atoms with Gasteiger partial charge in [0.1, 0.15) is 0 Å². The first-order chi connectivity index (χ1) is 14.6. The SMILES string of the molecule is CCC[CH2][Sn]([CH2]CCC)[CH2]CC(CCCC)(CCCC)[O][Sn]([CH2]CCC)[CH2]CCC. The summed E-state index contributed by atoms with van der Waals surface area (Å²) in [4.78, 5) is 0. The Morgan fingerprint density at radius 2 is 0.867 bits per heavy atom. The van der Waals surface area contributed by atoms with E-state index in [1.165, 1.54) is 105 Å². The van der Waals surface area contributed by atoms with Crippen LogP contribution in [0.5, 0.6) is 0 Å². The Hall–Kier alpha value is 1.56. The third kappa shape index (κ3) is 16.2. The molecule has 0 amide bonds. The Morgan fingerprint density at radius 3 is 1.27 bits per heavy atom. The van der Waals surface area contributed by atoms with Crippen molar-refractivity contribution in [1.29, 1.82) is 0 Å². The van der Waals surface area contributed by atoms with E-state index in [2.05, 4.69) is 41.5 Å². The second-order valence-corrected chi connectivity index (χ2v) is 24.8. The quantitative estimate of drug-likeness (QED) is 0.102. The van der Waals surface area contributed by atoms with E-state index in [1.807, 2.05) is 0 Å². The first-order valence-electron chi connectivity index (χ1n) is 14.0. The van der Waals surface area contributed by atoms with Crippen molar-refractivity contribution in [1.82, 2.24) is 0 Å². The van der Waals surface area contributed by atoms with Crippen molar-refractivity contribution in [2.24, 2.45) is 0 Å². The second-order valence-electron chi connectivity index (χ2n) is 9.70. The third-order valence-corrected chi connectivity index (χ3v) is 22.7. The Labute approximate surface area is 207 Å². The molecule has 30 heavy (non-hydrogen) atoms. The molecule has 0 aromatic rings. The number of rotatable bonds is 23. The Morgan fingerprint density at radius 1 is 0.467 bits per heavy atom. The Balaban J connectivity index is 5.35. The van der Waals surface area contributed by atoms with Gasteiger partial charge in [0.2, 0.25) is 0 Å². The molecule has 1 nitrogen and oxygen atoms in total. The molecule has 0 aliphatic rings. The van der Waals surface area contributed by atoms with Crippen molar-refractivity contribution in [3.8, 4) is 0 Å². The van der Waals surface area contributed by atoms with Crippen LogP contribution in [-0.2, 0) is 3.07 Å². The van der Waals surface area contributed by atoms with Gasteiger partial charge in [-0.3, -0.25) is 0 Å². The fourth-order valence-corrected chi connectivity index (χ4v) is 21.9. The molecular weight excluding hydrogens is 578 g/mol. The predicted octanol–water partition coefficient (Wildman–Crippen LogP) is 10.2. The minimum atomic E-state index is -1.72. The van der Waals surface area contributed by atoms with Crippen LogP contribution in [0, 0.1) is 0 Å². The van der Waals surface area contributed by atoms with Crippen LogP contribution >= 0.6 is 0 Å². The molecule has 0 atom stereocenters. The number of hydrogen-bond acceptors (Lipinski definition) is 1. The molecule has 0 fully saturated rings. The van der Waals surface area contributed by atoms with Crippen molar-refractivity contribution in [2.45, 2.75) is 166 Å². The van der Waals surface area contributed by atoms with Crippen molar-refractivity contribution >= 4 is 39.9 Å². The van der Waals surface area contributed by atoms with Gasteiger partial charge >= 0.3 is 209 Å². The fourth-order valence-electron chi connectivity index (χ4n) is 4.44. The Kier molecular flexibility index (Phi) is 23.5. The average molecular weight is 636 g/mol. The maximum absolute atomic E-state index is 7.43. The molecule has 0 aliphatic heterocycles.